The van der Waals surface area contributed by atoms with Gasteiger partial charge in [-0.3, -0.25) is 10.1 Å². The van der Waals surface area contributed by atoms with Crippen LogP contribution in [-0.4, -0.2) is 41.8 Å². The molecule has 0 aliphatic rings. The standard InChI is InChI=1S/C12H20N4O4/c1-4-9-14-11(13-7-6-8-20-5-2)10(16(17)18)12(15-9)19-3/h4-8H2,1-3H3,(H,13,14,15). The second-order valence-electron chi connectivity index (χ2n) is 3.93. The predicted molar refractivity (Wildman–Crippen MR) is 74.2 cm³/mol. The minimum Gasteiger partial charge on any atom is -0.476 e. The van der Waals surface area contributed by atoms with E-state index in [0.717, 1.165) is 6.42 Å². The minimum atomic E-state index is -0.539. The molecule has 0 atom stereocenters. The summed E-state index contributed by atoms with van der Waals surface area (Å²) in [6, 6.07) is 0. The van der Waals surface area contributed by atoms with Crippen LogP contribution in [-0.2, 0) is 11.2 Å². The number of nitrogens with one attached hydrogen (secondary N) is 1. The maximum Gasteiger partial charge on any atom is 0.372 e. The number of methoxy groups -OCH3 is 1. The Morgan fingerprint density at radius 2 is 2.10 bits per heavy atom. The van der Waals surface area contributed by atoms with Crippen LogP contribution in [0.3, 0.4) is 0 Å². The van der Waals surface area contributed by atoms with Crippen LogP contribution in [0.25, 0.3) is 0 Å². The van der Waals surface area contributed by atoms with E-state index in [2.05, 4.69) is 15.3 Å². The van der Waals surface area contributed by atoms with Gasteiger partial charge in [-0.05, 0) is 13.3 Å². The third kappa shape index (κ3) is 4.30. The molecule has 1 N–H and O–H groups in total. The van der Waals surface area contributed by atoms with Crippen LogP contribution < -0.4 is 10.1 Å². The van der Waals surface area contributed by atoms with E-state index in [0.29, 0.717) is 32.0 Å². The van der Waals surface area contributed by atoms with E-state index in [1.807, 2.05) is 13.8 Å². The van der Waals surface area contributed by atoms with Crippen molar-refractivity contribution in [2.45, 2.75) is 26.7 Å². The van der Waals surface area contributed by atoms with Crippen LogP contribution in [0.2, 0.25) is 0 Å². The fourth-order valence-corrected chi connectivity index (χ4v) is 1.59. The van der Waals surface area contributed by atoms with Crippen molar-refractivity contribution in [1.82, 2.24) is 9.97 Å². The molecule has 0 amide bonds. The topological polar surface area (TPSA) is 99.4 Å². The van der Waals surface area contributed by atoms with Gasteiger partial charge >= 0.3 is 5.69 Å². The predicted octanol–water partition coefficient (Wildman–Crippen LogP) is 1.79. The van der Waals surface area contributed by atoms with Gasteiger partial charge in [-0.25, -0.2) is 4.98 Å². The fourth-order valence-electron chi connectivity index (χ4n) is 1.59. The summed E-state index contributed by atoms with van der Waals surface area (Å²) in [5, 5.41) is 14.1. The first kappa shape index (κ1) is 16.1. The Bertz CT molecular complexity index is 453. The second kappa shape index (κ2) is 8.26. The summed E-state index contributed by atoms with van der Waals surface area (Å²) in [7, 11) is 1.35. The van der Waals surface area contributed by atoms with E-state index in [-0.39, 0.29) is 17.4 Å². The number of anilines is 1. The number of aromatic nitrogens is 2. The second-order valence-corrected chi connectivity index (χ2v) is 3.93. The first-order valence-corrected chi connectivity index (χ1v) is 6.54. The quantitative estimate of drug-likeness (QED) is 0.419. The molecule has 1 aromatic heterocycles. The number of hydrogen-bond donors (Lipinski definition) is 1. The average molecular weight is 284 g/mol. The SMILES string of the molecule is CCOCCCNc1nc(CC)nc(OC)c1[N+](=O)[O-]. The van der Waals surface area contributed by atoms with Crippen LogP contribution >= 0.6 is 0 Å². The van der Waals surface area contributed by atoms with E-state index in [9.17, 15) is 10.1 Å². The number of nitrogens with zero attached hydrogens (tertiary/aromatic N) is 3. The van der Waals surface area contributed by atoms with Gasteiger partial charge in [-0.15, -0.1) is 0 Å². The molecule has 0 aromatic carbocycles. The third-order valence-corrected chi connectivity index (χ3v) is 2.55. The normalized spacial score (nSPS) is 10.3. The molecule has 0 saturated carbocycles. The molecule has 0 radical (unpaired) electrons. The van der Waals surface area contributed by atoms with Crippen LogP contribution in [0.5, 0.6) is 5.88 Å². The molecule has 1 heterocycles. The zero-order valence-corrected chi connectivity index (χ0v) is 12.0. The molecular formula is C12H20N4O4. The number of nitro groups is 1. The average Bonchev–Trinajstić information content (AvgIpc) is 2.45. The summed E-state index contributed by atoms with van der Waals surface area (Å²) in [5.41, 5.74) is -0.235. The van der Waals surface area contributed by atoms with Crippen LogP contribution in [0.1, 0.15) is 26.1 Å². The van der Waals surface area contributed by atoms with E-state index in [1.54, 1.807) is 0 Å². The summed E-state index contributed by atoms with van der Waals surface area (Å²) in [6.45, 7) is 5.58. The Labute approximate surface area is 117 Å². The van der Waals surface area contributed by atoms with Crippen molar-refractivity contribution in [1.29, 1.82) is 0 Å². The monoisotopic (exact) mass is 284 g/mol. The highest BCUT2D eigenvalue weighted by Gasteiger charge is 2.25. The number of rotatable bonds is 9. The van der Waals surface area contributed by atoms with Gasteiger partial charge in [-0.2, -0.15) is 4.98 Å². The van der Waals surface area contributed by atoms with Crippen LogP contribution in [0, 0.1) is 10.1 Å². The van der Waals surface area contributed by atoms with Gasteiger partial charge in [-0.1, -0.05) is 6.92 Å². The van der Waals surface area contributed by atoms with Gasteiger partial charge in [0.2, 0.25) is 5.82 Å². The van der Waals surface area contributed by atoms with Gasteiger partial charge in [0.15, 0.2) is 0 Å². The lowest BCUT2D eigenvalue weighted by Crippen LogP contribution is -2.12. The molecule has 8 heteroatoms. The van der Waals surface area contributed by atoms with E-state index < -0.39 is 4.92 Å². The van der Waals surface area contributed by atoms with Gasteiger partial charge in [0, 0.05) is 26.2 Å². The molecule has 0 aliphatic carbocycles. The Balaban J connectivity index is 2.88. The molecule has 8 nitrogen and oxygen atoms in total. The first-order valence-electron chi connectivity index (χ1n) is 6.54. The molecule has 0 fully saturated rings. The number of aryl methyl sites for hydroxylation is 1. The Kier molecular flexibility index (Phi) is 6.65. The smallest absolute Gasteiger partial charge is 0.372 e. The Hall–Kier alpha value is -1.96. The van der Waals surface area contributed by atoms with Crippen molar-refractivity contribution < 1.29 is 14.4 Å². The summed E-state index contributed by atoms with van der Waals surface area (Å²) in [6.07, 6.45) is 1.31. The lowest BCUT2D eigenvalue weighted by Gasteiger charge is -2.09. The zero-order chi connectivity index (χ0) is 15.0. The molecule has 0 aliphatic heterocycles. The Morgan fingerprint density at radius 1 is 1.35 bits per heavy atom. The highest BCUT2D eigenvalue weighted by atomic mass is 16.6. The van der Waals surface area contributed by atoms with Crippen molar-refractivity contribution >= 4 is 11.5 Å². The molecule has 0 bridgehead atoms. The molecule has 0 saturated heterocycles. The molecule has 0 spiro atoms. The van der Waals surface area contributed by atoms with Crippen molar-refractivity contribution in [2.75, 3.05) is 32.2 Å². The van der Waals surface area contributed by atoms with Crippen molar-refractivity contribution in [2.24, 2.45) is 0 Å². The zero-order valence-electron chi connectivity index (χ0n) is 12.0. The van der Waals surface area contributed by atoms with Gasteiger partial charge in [0.1, 0.15) is 5.82 Å². The van der Waals surface area contributed by atoms with Crippen LogP contribution in [0.15, 0.2) is 0 Å². The van der Waals surface area contributed by atoms with Crippen LogP contribution in [0.4, 0.5) is 11.5 Å². The maximum atomic E-state index is 11.1. The third-order valence-electron chi connectivity index (χ3n) is 2.55. The van der Waals surface area contributed by atoms with E-state index >= 15 is 0 Å². The Morgan fingerprint density at radius 3 is 2.65 bits per heavy atom. The number of hydrogen-bond acceptors (Lipinski definition) is 7. The van der Waals surface area contributed by atoms with E-state index in [4.69, 9.17) is 9.47 Å². The lowest BCUT2D eigenvalue weighted by molar-refractivity contribution is -0.385. The van der Waals surface area contributed by atoms with Crippen molar-refractivity contribution in [3.8, 4) is 5.88 Å². The van der Waals surface area contributed by atoms with Gasteiger partial charge < -0.3 is 14.8 Å². The van der Waals surface area contributed by atoms with Gasteiger partial charge in [0.25, 0.3) is 5.88 Å². The highest BCUT2D eigenvalue weighted by molar-refractivity contribution is 5.61. The summed E-state index contributed by atoms with van der Waals surface area (Å²) in [4.78, 5) is 18.7. The van der Waals surface area contributed by atoms with Gasteiger partial charge in [0.05, 0.1) is 12.0 Å². The molecule has 1 rings (SSSR count). The fraction of sp³-hybridized carbons (Fsp3) is 0.667. The summed E-state index contributed by atoms with van der Waals surface area (Å²) < 4.78 is 10.2. The molecule has 20 heavy (non-hydrogen) atoms. The summed E-state index contributed by atoms with van der Waals surface area (Å²) in [5.74, 6) is 0.670. The largest absolute Gasteiger partial charge is 0.476 e. The molecule has 112 valence electrons. The van der Waals surface area contributed by atoms with E-state index in [1.165, 1.54) is 7.11 Å². The number of ether oxygens (including phenoxy) is 2. The highest BCUT2D eigenvalue weighted by Crippen LogP contribution is 2.31. The lowest BCUT2D eigenvalue weighted by atomic mass is 10.3. The molecule has 0 unspecified atom stereocenters. The maximum absolute atomic E-state index is 11.1. The minimum absolute atomic E-state index is 0.0193. The summed E-state index contributed by atoms with van der Waals surface area (Å²) >= 11 is 0. The molecule has 1 aromatic rings. The van der Waals surface area contributed by atoms with Crippen molar-refractivity contribution in [3.63, 3.8) is 0 Å². The van der Waals surface area contributed by atoms with Crippen molar-refractivity contribution in [3.05, 3.63) is 15.9 Å². The molecular weight excluding hydrogens is 264 g/mol. The first-order chi connectivity index (χ1) is 9.63.